The molecule has 2 rings (SSSR count). The van der Waals surface area contributed by atoms with E-state index < -0.39 is 9.84 Å². The summed E-state index contributed by atoms with van der Waals surface area (Å²) < 4.78 is 23.0. The van der Waals surface area contributed by atoms with Crippen LogP contribution in [0.3, 0.4) is 0 Å². The summed E-state index contributed by atoms with van der Waals surface area (Å²) in [6, 6.07) is 1.31. The monoisotopic (exact) mass is 283 g/mol. The molecule has 1 atom stereocenters. The van der Waals surface area contributed by atoms with Gasteiger partial charge in [0.25, 0.3) is 5.91 Å². The van der Waals surface area contributed by atoms with Crippen molar-refractivity contribution in [1.82, 2.24) is 9.88 Å². The molecule has 1 unspecified atom stereocenters. The number of anilines is 1. The molecule has 1 saturated heterocycles. The first-order valence-electron chi connectivity index (χ1n) is 6.15. The molecule has 2 heterocycles. The number of carbonyl (C=O) groups is 1. The van der Waals surface area contributed by atoms with Crippen molar-refractivity contribution in [2.45, 2.75) is 19.4 Å². The van der Waals surface area contributed by atoms with Gasteiger partial charge in [0, 0.05) is 25.0 Å². The van der Waals surface area contributed by atoms with E-state index in [1.165, 1.54) is 12.4 Å². The number of carbonyl (C=O) groups excluding carboxylic acids is 1. The van der Waals surface area contributed by atoms with E-state index in [4.69, 9.17) is 5.73 Å². The Kier molecular flexibility index (Phi) is 3.75. The normalized spacial score (nSPS) is 21.2. The van der Waals surface area contributed by atoms with E-state index in [0.717, 1.165) is 0 Å². The molecule has 1 fully saturated rings. The number of nitrogens with zero attached hydrogens (tertiary/aromatic N) is 2. The van der Waals surface area contributed by atoms with Crippen molar-refractivity contribution in [1.29, 1.82) is 0 Å². The van der Waals surface area contributed by atoms with E-state index in [0.29, 0.717) is 24.2 Å². The van der Waals surface area contributed by atoms with Gasteiger partial charge in [-0.15, -0.1) is 0 Å². The second-order valence-electron chi connectivity index (χ2n) is 4.65. The Balaban J connectivity index is 2.21. The van der Waals surface area contributed by atoms with Gasteiger partial charge in [-0.05, 0) is 19.4 Å². The van der Waals surface area contributed by atoms with Gasteiger partial charge >= 0.3 is 0 Å². The molecule has 104 valence electrons. The minimum absolute atomic E-state index is 0.0440. The molecule has 0 aromatic carbocycles. The zero-order chi connectivity index (χ0) is 14.0. The molecule has 1 aliphatic rings. The van der Waals surface area contributed by atoms with Crippen molar-refractivity contribution in [3.63, 3.8) is 0 Å². The Hall–Kier alpha value is -1.63. The third-order valence-electron chi connectivity index (χ3n) is 3.26. The number of nitrogen functional groups attached to an aromatic ring is 1. The number of amides is 1. The topological polar surface area (TPSA) is 93.4 Å². The van der Waals surface area contributed by atoms with Gasteiger partial charge < -0.3 is 10.6 Å². The highest BCUT2D eigenvalue weighted by Crippen LogP contribution is 2.20. The maximum Gasteiger partial charge on any atom is 0.255 e. The average molecular weight is 283 g/mol. The minimum atomic E-state index is -3.01. The van der Waals surface area contributed by atoms with Gasteiger partial charge in [0.15, 0.2) is 9.84 Å². The molecule has 2 N–H and O–H groups in total. The fourth-order valence-electron chi connectivity index (χ4n) is 2.33. The Morgan fingerprint density at radius 2 is 2.26 bits per heavy atom. The molecule has 7 heteroatoms. The number of sulfone groups is 1. The number of nitrogens with two attached hydrogens (primary N) is 1. The molecule has 0 bridgehead atoms. The fourth-order valence-corrected chi connectivity index (χ4v) is 4.06. The maximum absolute atomic E-state index is 12.4. The summed E-state index contributed by atoms with van der Waals surface area (Å²) in [5.41, 5.74) is 6.42. The van der Waals surface area contributed by atoms with Crippen LogP contribution in [0.15, 0.2) is 18.5 Å². The van der Waals surface area contributed by atoms with Crippen LogP contribution < -0.4 is 5.73 Å². The van der Waals surface area contributed by atoms with Gasteiger partial charge in [-0.3, -0.25) is 9.78 Å². The van der Waals surface area contributed by atoms with E-state index in [1.807, 2.05) is 6.92 Å². The van der Waals surface area contributed by atoms with E-state index in [1.54, 1.807) is 11.0 Å². The number of aromatic nitrogens is 1. The summed E-state index contributed by atoms with van der Waals surface area (Å²) in [5.74, 6) is -0.0247. The van der Waals surface area contributed by atoms with Gasteiger partial charge in [0.05, 0.1) is 22.8 Å². The number of hydrogen-bond donors (Lipinski definition) is 1. The third kappa shape index (κ3) is 3.04. The van der Waals surface area contributed by atoms with Crippen LogP contribution >= 0.6 is 0 Å². The van der Waals surface area contributed by atoms with Gasteiger partial charge in [-0.25, -0.2) is 8.42 Å². The van der Waals surface area contributed by atoms with Crippen molar-refractivity contribution in [2.75, 3.05) is 23.8 Å². The molecule has 1 aromatic rings. The SMILES string of the molecule is CCN(C(=O)c1cncc(N)c1)C1CCS(=O)(=O)C1. The summed E-state index contributed by atoms with van der Waals surface area (Å²) in [4.78, 5) is 17.8. The van der Waals surface area contributed by atoms with Crippen LogP contribution in [-0.2, 0) is 9.84 Å². The lowest BCUT2D eigenvalue weighted by Crippen LogP contribution is -2.41. The second kappa shape index (κ2) is 5.16. The van der Waals surface area contributed by atoms with Crippen LogP contribution in [0.2, 0.25) is 0 Å². The zero-order valence-electron chi connectivity index (χ0n) is 10.7. The summed E-state index contributed by atoms with van der Waals surface area (Å²) in [6.07, 6.45) is 3.41. The number of hydrogen-bond acceptors (Lipinski definition) is 5. The molecule has 1 aliphatic heterocycles. The Labute approximate surface area is 112 Å². The predicted octanol–water partition coefficient (Wildman–Crippen LogP) is 0.313. The van der Waals surface area contributed by atoms with Crippen molar-refractivity contribution in [3.8, 4) is 0 Å². The third-order valence-corrected chi connectivity index (χ3v) is 5.01. The Morgan fingerprint density at radius 3 is 2.79 bits per heavy atom. The Bertz CT molecular complexity index is 586. The molecule has 1 amide bonds. The molecule has 0 saturated carbocycles. The van der Waals surface area contributed by atoms with Gasteiger partial charge in [-0.1, -0.05) is 0 Å². The van der Waals surface area contributed by atoms with Crippen molar-refractivity contribution < 1.29 is 13.2 Å². The van der Waals surface area contributed by atoms with Gasteiger partial charge in [-0.2, -0.15) is 0 Å². The van der Waals surface area contributed by atoms with Crippen molar-refractivity contribution >= 4 is 21.4 Å². The lowest BCUT2D eigenvalue weighted by molar-refractivity contribution is 0.0708. The zero-order valence-corrected chi connectivity index (χ0v) is 11.6. The molecular formula is C12H17N3O3S. The van der Waals surface area contributed by atoms with E-state index >= 15 is 0 Å². The maximum atomic E-state index is 12.4. The number of pyridine rings is 1. The van der Waals surface area contributed by atoms with E-state index in [9.17, 15) is 13.2 Å². The van der Waals surface area contributed by atoms with Crippen molar-refractivity contribution in [2.24, 2.45) is 0 Å². The predicted molar refractivity (Wildman–Crippen MR) is 72.4 cm³/mol. The van der Waals surface area contributed by atoms with Crippen LogP contribution in [0.25, 0.3) is 0 Å². The summed E-state index contributed by atoms with van der Waals surface area (Å²) in [5, 5.41) is 0. The minimum Gasteiger partial charge on any atom is -0.397 e. The standard InChI is InChI=1S/C12H17N3O3S/c1-2-15(11-3-4-19(17,18)8-11)12(16)9-5-10(13)7-14-6-9/h5-7,11H,2-4,8,13H2,1H3. The van der Waals surface area contributed by atoms with Crippen LogP contribution in [0.1, 0.15) is 23.7 Å². The van der Waals surface area contributed by atoms with Crippen molar-refractivity contribution in [3.05, 3.63) is 24.0 Å². The molecular weight excluding hydrogens is 266 g/mol. The lowest BCUT2D eigenvalue weighted by atomic mass is 10.1. The van der Waals surface area contributed by atoms with E-state index in [-0.39, 0.29) is 23.5 Å². The van der Waals surface area contributed by atoms with E-state index in [2.05, 4.69) is 4.98 Å². The van der Waals surface area contributed by atoms with Gasteiger partial charge in [0.2, 0.25) is 0 Å². The highest BCUT2D eigenvalue weighted by Gasteiger charge is 2.34. The summed E-state index contributed by atoms with van der Waals surface area (Å²) in [6.45, 7) is 2.30. The first-order valence-corrected chi connectivity index (χ1v) is 7.97. The quantitative estimate of drug-likeness (QED) is 0.862. The lowest BCUT2D eigenvalue weighted by Gasteiger charge is -2.26. The average Bonchev–Trinajstić information content (AvgIpc) is 2.70. The van der Waals surface area contributed by atoms with Crippen LogP contribution in [0.5, 0.6) is 0 Å². The Morgan fingerprint density at radius 1 is 1.53 bits per heavy atom. The van der Waals surface area contributed by atoms with Crippen LogP contribution in [0, 0.1) is 0 Å². The second-order valence-corrected chi connectivity index (χ2v) is 6.88. The smallest absolute Gasteiger partial charge is 0.255 e. The fraction of sp³-hybridized carbons (Fsp3) is 0.500. The highest BCUT2D eigenvalue weighted by atomic mass is 32.2. The molecule has 19 heavy (non-hydrogen) atoms. The largest absolute Gasteiger partial charge is 0.397 e. The van der Waals surface area contributed by atoms with Gasteiger partial charge in [0.1, 0.15) is 0 Å². The molecule has 0 aliphatic carbocycles. The molecule has 0 radical (unpaired) electrons. The van der Waals surface area contributed by atoms with Crippen LogP contribution in [0.4, 0.5) is 5.69 Å². The number of rotatable bonds is 3. The summed E-state index contributed by atoms with van der Waals surface area (Å²) in [7, 11) is -3.01. The first kappa shape index (κ1) is 13.8. The highest BCUT2D eigenvalue weighted by molar-refractivity contribution is 7.91. The molecule has 0 spiro atoms. The van der Waals surface area contributed by atoms with Crippen LogP contribution in [-0.4, -0.2) is 48.3 Å². The molecule has 6 nitrogen and oxygen atoms in total. The first-order chi connectivity index (χ1) is 8.93. The molecule has 1 aromatic heterocycles. The summed E-state index contributed by atoms with van der Waals surface area (Å²) >= 11 is 0.